The van der Waals surface area contributed by atoms with Crippen molar-refractivity contribution in [2.45, 2.75) is 6.10 Å². The maximum atomic E-state index is 5.45. The van der Waals surface area contributed by atoms with Crippen molar-refractivity contribution in [2.24, 2.45) is 10.6 Å². The number of rotatable bonds is 0. The molecule has 0 amide bonds. The standard InChI is InChI=1S/C9H8NO3/c1-2-7-8(12-6-11-7)9(3-1)4-10-13-5-9/h1-3,8H,5-6H2. The first-order valence-electron chi connectivity index (χ1n) is 4.14. The smallest absolute Gasteiger partial charge is 0.189 e. The van der Waals surface area contributed by atoms with E-state index in [0.717, 1.165) is 5.76 Å². The summed E-state index contributed by atoms with van der Waals surface area (Å²) in [5.74, 6) is 0.843. The quantitative estimate of drug-likeness (QED) is 0.548. The van der Waals surface area contributed by atoms with E-state index in [1.165, 1.54) is 0 Å². The molecule has 2 atom stereocenters. The number of hydrogen-bond acceptors (Lipinski definition) is 4. The summed E-state index contributed by atoms with van der Waals surface area (Å²) >= 11 is 0. The Bertz CT molecular complexity index is 321. The van der Waals surface area contributed by atoms with Crippen molar-refractivity contribution >= 4 is 6.21 Å². The van der Waals surface area contributed by atoms with Gasteiger partial charge in [0.1, 0.15) is 30.1 Å². The van der Waals surface area contributed by atoms with Crippen molar-refractivity contribution in [1.29, 1.82) is 0 Å². The van der Waals surface area contributed by atoms with Crippen LogP contribution in [-0.2, 0) is 14.3 Å². The minimum absolute atomic E-state index is 0.108. The Morgan fingerprint density at radius 2 is 2.62 bits per heavy atom. The zero-order valence-electron chi connectivity index (χ0n) is 6.90. The van der Waals surface area contributed by atoms with Crippen LogP contribution in [0.3, 0.4) is 0 Å². The van der Waals surface area contributed by atoms with E-state index in [1.807, 2.05) is 18.2 Å². The summed E-state index contributed by atoms with van der Waals surface area (Å²) in [6, 6.07) is 0. The molecule has 67 valence electrons. The third-order valence-electron chi connectivity index (χ3n) is 2.46. The number of ether oxygens (including phenoxy) is 2. The van der Waals surface area contributed by atoms with E-state index in [2.05, 4.69) is 11.4 Å². The second-order valence-corrected chi connectivity index (χ2v) is 3.25. The molecule has 0 aromatic rings. The molecule has 1 spiro atoms. The van der Waals surface area contributed by atoms with Crippen molar-refractivity contribution < 1.29 is 14.3 Å². The monoisotopic (exact) mass is 178 g/mol. The van der Waals surface area contributed by atoms with Crippen molar-refractivity contribution in [1.82, 2.24) is 0 Å². The molecular weight excluding hydrogens is 170 g/mol. The number of hydrogen-bond donors (Lipinski definition) is 0. The van der Waals surface area contributed by atoms with Crippen molar-refractivity contribution in [2.75, 3.05) is 13.4 Å². The first-order valence-corrected chi connectivity index (χ1v) is 4.14. The molecule has 0 aromatic carbocycles. The molecule has 1 radical (unpaired) electrons. The fraction of sp³-hybridized carbons (Fsp3) is 0.444. The van der Waals surface area contributed by atoms with Crippen LogP contribution in [0.5, 0.6) is 0 Å². The van der Waals surface area contributed by atoms with Crippen LogP contribution < -0.4 is 0 Å². The Labute approximate surface area is 75.5 Å². The van der Waals surface area contributed by atoms with Gasteiger partial charge in [-0.15, -0.1) is 0 Å². The molecule has 2 unspecified atom stereocenters. The molecule has 3 aliphatic rings. The molecule has 4 heteroatoms. The minimum Gasteiger partial charge on any atom is -0.469 e. The zero-order valence-corrected chi connectivity index (χ0v) is 6.90. The van der Waals surface area contributed by atoms with Gasteiger partial charge in [0.05, 0.1) is 0 Å². The fourth-order valence-corrected chi connectivity index (χ4v) is 1.78. The summed E-state index contributed by atoms with van der Waals surface area (Å²) in [5.41, 5.74) is -0.361. The Morgan fingerprint density at radius 3 is 3.46 bits per heavy atom. The molecule has 0 N–H and O–H groups in total. The van der Waals surface area contributed by atoms with E-state index in [0.29, 0.717) is 13.4 Å². The van der Waals surface area contributed by atoms with Gasteiger partial charge in [-0.2, -0.15) is 0 Å². The Kier molecular flexibility index (Phi) is 1.29. The molecule has 2 heterocycles. The normalized spacial score (nSPS) is 40.0. The molecule has 1 aliphatic carbocycles. The lowest BCUT2D eigenvalue weighted by Crippen LogP contribution is -2.38. The predicted octanol–water partition coefficient (Wildman–Crippen LogP) is 0.692. The van der Waals surface area contributed by atoms with Gasteiger partial charge in [-0.3, -0.25) is 0 Å². The SMILES string of the molecule is [C]1=NOCC12C=CC=C1OCOC12. The summed E-state index contributed by atoms with van der Waals surface area (Å²) in [6.07, 6.45) is 8.63. The van der Waals surface area contributed by atoms with Crippen molar-refractivity contribution in [3.8, 4) is 0 Å². The van der Waals surface area contributed by atoms with Gasteiger partial charge in [0.25, 0.3) is 0 Å². The highest BCUT2D eigenvalue weighted by molar-refractivity contribution is 5.72. The van der Waals surface area contributed by atoms with Crippen LogP contribution in [0, 0.1) is 5.41 Å². The topological polar surface area (TPSA) is 40.0 Å². The van der Waals surface area contributed by atoms with Gasteiger partial charge in [-0.25, -0.2) is 0 Å². The molecular formula is C9H8NO3. The summed E-state index contributed by atoms with van der Waals surface area (Å²) < 4.78 is 10.7. The number of allylic oxidation sites excluding steroid dienone is 2. The van der Waals surface area contributed by atoms with E-state index >= 15 is 0 Å². The lowest BCUT2D eigenvalue weighted by molar-refractivity contribution is 0.00976. The third kappa shape index (κ3) is 0.862. The van der Waals surface area contributed by atoms with E-state index in [4.69, 9.17) is 14.3 Å². The first-order chi connectivity index (χ1) is 6.41. The highest BCUT2D eigenvalue weighted by Gasteiger charge is 2.47. The lowest BCUT2D eigenvalue weighted by Gasteiger charge is -2.26. The van der Waals surface area contributed by atoms with Gasteiger partial charge >= 0.3 is 0 Å². The average Bonchev–Trinajstić information content (AvgIpc) is 2.74. The number of fused-ring (bicyclic) bond motifs is 2. The molecule has 4 nitrogen and oxygen atoms in total. The van der Waals surface area contributed by atoms with Crippen LogP contribution in [0.2, 0.25) is 0 Å². The van der Waals surface area contributed by atoms with Gasteiger partial charge in [0.2, 0.25) is 0 Å². The van der Waals surface area contributed by atoms with Crippen LogP contribution >= 0.6 is 0 Å². The van der Waals surface area contributed by atoms with E-state index in [1.54, 1.807) is 0 Å². The summed E-state index contributed by atoms with van der Waals surface area (Å²) in [7, 11) is 0. The molecule has 0 bridgehead atoms. The van der Waals surface area contributed by atoms with Crippen LogP contribution in [0.1, 0.15) is 0 Å². The van der Waals surface area contributed by atoms with E-state index in [-0.39, 0.29) is 11.5 Å². The van der Waals surface area contributed by atoms with E-state index in [9.17, 15) is 0 Å². The zero-order chi connectivity index (χ0) is 8.73. The Balaban J connectivity index is 2.02. The maximum Gasteiger partial charge on any atom is 0.189 e. The molecule has 1 fully saturated rings. The van der Waals surface area contributed by atoms with Crippen LogP contribution in [0.15, 0.2) is 29.1 Å². The number of nitrogens with zero attached hydrogens (tertiary/aromatic N) is 1. The van der Waals surface area contributed by atoms with Crippen LogP contribution in [0.25, 0.3) is 0 Å². The van der Waals surface area contributed by atoms with Crippen molar-refractivity contribution in [3.05, 3.63) is 24.0 Å². The second-order valence-electron chi connectivity index (χ2n) is 3.25. The average molecular weight is 178 g/mol. The van der Waals surface area contributed by atoms with Crippen molar-refractivity contribution in [3.63, 3.8) is 0 Å². The highest BCUT2D eigenvalue weighted by atomic mass is 16.7. The third-order valence-corrected chi connectivity index (χ3v) is 2.46. The highest BCUT2D eigenvalue weighted by Crippen LogP contribution is 2.39. The van der Waals surface area contributed by atoms with Crippen LogP contribution in [0.4, 0.5) is 0 Å². The van der Waals surface area contributed by atoms with E-state index < -0.39 is 0 Å². The summed E-state index contributed by atoms with van der Waals surface area (Å²) in [6.45, 7) is 0.788. The summed E-state index contributed by atoms with van der Waals surface area (Å²) in [5, 5.41) is 3.66. The van der Waals surface area contributed by atoms with Gasteiger partial charge in [-0.05, 0) is 6.08 Å². The second kappa shape index (κ2) is 2.35. The Hall–Kier alpha value is -1.29. The van der Waals surface area contributed by atoms with Gasteiger partial charge < -0.3 is 14.3 Å². The molecule has 3 rings (SSSR count). The minimum atomic E-state index is -0.361. The first kappa shape index (κ1) is 7.15. The molecule has 2 aliphatic heterocycles. The molecule has 0 saturated carbocycles. The fourth-order valence-electron chi connectivity index (χ4n) is 1.78. The van der Waals surface area contributed by atoms with Gasteiger partial charge in [0, 0.05) is 0 Å². The summed E-state index contributed by atoms with van der Waals surface area (Å²) in [4.78, 5) is 4.95. The largest absolute Gasteiger partial charge is 0.469 e. The molecule has 0 aromatic heterocycles. The van der Waals surface area contributed by atoms with Gasteiger partial charge in [-0.1, -0.05) is 17.3 Å². The predicted molar refractivity (Wildman–Crippen MR) is 43.9 cm³/mol. The molecule has 13 heavy (non-hydrogen) atoms. The molecule has 1 saturated heterocycles. The lowest BCUT2D eigenvalue weighted by atomic mass is 9.80. The Morgan fingerprint density at radius 1 is 1.62 bits per heavy atom. The van der Waals surface area contributed by atoms with Gasteiger partial charge in [0.15, 0.2) is 6.79 Å². The maximum absolute atomic E-state index is 5.45. The van der Waals surface area contributed by atoms with Crippen LogP contribution in [-0.4, -0.2) is 25.7 Å².